The van der Waals surface area contributed by atoms with Gasteiger partial charge in [-0.1, -0.05) is 35.9 Å². The highest BCUT2D eigenvalue weighted by Gasteiger charge is 2.10. The molecule has 3 rings (SSSR count). The van der Waals surface area contributed by atoms with E-state index in [1.54, 1.807) is 24.3 Å². The number of halogens is 1. The number of hydrogen-bond acceptors (Lipinski definition) is 1. The van der Waals surface area contributed by atoms with Crippen molar-refractivity contribution in [3.05, 3.63) is 59.8 Å². The molecule has 0 saturated heterocycles. The van der Waals surface area contributed by atoms with Crippen molar-refractivity contribution in [1.29, 1.82) is 0 Å². The number of amides is 2. The summed E-state index contributed by atoms with van der Waals surface area (Å²) in [7, 11) is 0. The minimum atomic E-state index is -0.290. The summed E-state index contributed by atoms with van der Waals surface area (Å²) in [6, 6.07) is 14.8. The topological polar surface area (TPSA) is 46.1 Å². The molecule has 22 heavy (non-hydrogen) atoms. The fourth-order valence-corrected chi connectivity index (χ4v) is 2.65. The van der Waals surface area contributed by atoms with E-state index in [2.05, 4.69) is 22.1 Å². The van der Waals surface area contributed by atoms with Crippen molar-refractivity contribution >= 4 is 39.9 Å². The molecule has 3 aromatic rings. The summed E-state index contributed by atoms with van der Waals surface area (Å²) >= 11 is 5.91. The zero-order valence-electron chi connectivity index (χ0n) is 12.1. The molecule has 1 heterocycles. The smallest absolute Gasteiger partial charge is 0.323 e. The predicted octanol–water partition coefficient (Wildman–Crippen LogP) is 4.96. The molecular weight excluding hydrogens is 298 g/mol. The first-order valence-electron chi connectivity index (χ1n) is 7.09. The monoisotopic (exact) mass is 313 g/mol. The average Bonchev–Trinajstić information content (AvgIpc) is 2.85. The second-order valence-corrected chi connectivity index (χ2v) is 5.37. The normalized spacial score (nSPS) is 10.6. The van der Waals surface area contributed by atoms with E-state index in [0.717, 1.165) is 23.1 Å². The number of aryl methyl sites for hydroxylation is 1. The highest BCUT2D eigenvalue weighted by atomic mass is 35.5. The van der Waals surface area contributed by atoms with Crippen molar-refractivity contribution in [1.82, 2.24) is 4.57 Å². The lowest BCUT2D eigenvalue weighted by molar-refractivity contribution is 0.262. The van der Waals surface area contributed by atoms with Crippen LogP contribution in [0.3, 0.4) is 0 Å². The van der Waals surface area contributed by atoms with Gasteiger partial charge in [-0.15, -0.1) is 0 Å². The van der Waals surface area contributed by atoms with Gasteiger partial charge in [-0.2, -0.15) is 0 Å². The van der Waals surface area contributed by atoms with Gasteiger partial charge in [0.2, 0.25) is 0 Å². The summed E-state index contributed by atoms with van der Waals surface area (Å²) in [5.41, 5.74) is 2.55. The molecule has 0 atom stereocenters. The Kier molecular flexibility index (Phi) is 4.02. The van der Waals surface area contributed by atoms with Crippen LogP contribution in [0.2, 0.25) is 5.02 Å². The Hall–Kier alpha value is -2.46. The fraction of sp³-hybridized carbons (Fsp3) is 0.118. The Morgan fingerprint density at radius 2 is 1.95 bits per heavy atom. The summed E-state index contributed by atoms with van der Waals surface area (Å²) in [6.45, 7) is 2.92. The van der Waals surface area contributed by atoms with Crippen LogP contribution in [-0.2, 0) is 6.54 Å². The van der Waals surface area contributed by atoms with Crippen molar-refractivity contribution in [2.75, 3.05) is 10.6 Å². The van der Waals surface area contributed by atoms with Gasteiger partial charge in [0.1, 0.15) is 0 Å². The summed E-state index contributed by atoms with van der Waals surface area (Å²) in [6.07, 6.45) is 1.95. The number of carbonyl (C=O) groups excluding carboxylic acids is 1. The first kappa shape index (κ1) is 14.5. The second kappa shape index (κ2) is 6.12. The van der Waals surface area contributed by atoms with Gasteiger partial charge in [-0.25, -0.2) is 4.79 Å². The number of para-hydroxylation sites is 1. The van der Waals surface area contributed by atoms with Crippen LogP contribution in [0.15, 0.2) is 54.7 Å². The largest absolute Gasteiger partial charge is 0.346 e. The number of hydrogen-bond donors (Lipinski definition) is 2. The molecule has 2 N–H and O–H groups in total. The third kappa shape index (κ3) is 2.92. The van der Waals surface area contributed by atoms with E-state index in [1.807, 2.05) is 30.5 Å². The lowest BCUT2D eigenvalue weighted by Crippen LogP contribution is -2.19. The quantitative estimate of drug-likeness (QED) is 0.705. The minimum absolute atomic E-state index is 0.290. The summed E-state index contributed by atoms with van der Waals surface area (Å²) in [4.78, 5) is 12.2. The molecule has 0 spiro atoms. The van der Waals surface area contributed by atoms with E-state index in [4.69, 9.17) is 11.6 Å². The Labute approximate surface area is 133 Å². The van der Waals surface area contributed by atoms with Crippen molar-refractivity contribution in [2.45, 2.75) is 13.5 Å². The van der Waals surface area contributed by atoms with Gasteiger partial charge in [-0.3, -0.25) is 0 Å². The predicted molar refractivity (Wildman–Crippen MR) is 91.7 cm³/mol. The highest BCUT2D eigenvalue weighted by Crippen LogP contribution is 2.26. The summed E-state index contributed by atoms with van der Waals surface area (Å²) < 4.78 is 2.10. The lowest BCUT2D eigenvalue weighted by atomic mass is 10.2. The molecule has 2 aromatic carbocycles. The van der Waals surface area contributed by atoms with Crippen LogP contribution >= 0.6 is 11.6 Å². The number of aromatic nitrogens is 1. The van der Waals surface area contributed by atoms with E-state index in [9.17, 15) is 4.79 Å². The Bertz CT molecular complexity index is 826. The number of nitrogens with zero attached hydrogens (tertiary/aromatic N) is 1. The molecule has 0 saturated carbocycles. The van der Waals surface area contributed by atoms with E-state index < -0.39 is 0 Å². The summed E-state index contributed by atoms with van der Waals surface area (Å²) in [5, 5.41) is 7.28. The number of anilines is 2. The van der Waals surface area contributed by atoms with Gasteiger partial charge in [0, 0.05) is 28.8 Å². The Balaban J connectivity index is 1.82. The summed E-state index contributed by atoms with van der Waals surface area (Å²) in [5.74, 6) is 0. The van der Waals surface area contributed by atoms with Crippen LogP contribution < -0.4 is 10.6 Å². The van der Waals surface area contributed by atoms with E-state index >= 15 is 0 Å². The van der Waals surface area contributed by atoms with Crippen molar-refractivity contribution < 1.29 is 4.79 Å². The van der Waals surface area contributed by atoms with Crippen molar-refractivity contribution in [3.8, 4) is 0 Å². The SMILES string of the molecule is CCn1cc(NC(=O)Nc2cccc(Cl)c2)c2ccccc21. The number of urea groups is 1. The molecular formula is C17H16ClN3O. The van der Waals surface area contributed by atoms with E-state index in [0.29, 0.717) is 10.7 Å². The first-order valence-corrected chi connectivity index (χ1v) is 7.46. The van der Waals surface area contributed by atoms with Gasteiger partial charge < -0.3 is 15.2 Å². The molecule has 0 fully saturated rings. The molecule has 0 bridgehead atoms. The van der Waals surface area contributed by atoms with Crippen molar-refractivity contribution in [2.24, 2.45) is 0 Å². The molecule has 0 aliphatic heterocycles. The Morgan fingerprint density at radius 1 is 1.14 bits per heavy atom. The van der Waals surface area contributed by atoms with Crippen LogP contribution in [0.1, 0.15) is 6.92 Å². The van der Waals surface area contributed by atoms with E-state index in [-0.39, 0.29) is 6.03 Å². The molecule has 1 aromatic heterocycles. The third-order valence-corrected chi connectivity index (χ3v) is 3.70. The maximum Gasteiger partial charge on any atom is 0.323 e. The Morgan fingerprint density at radius 3 is 2.73 bits per heavy atom. The van der Waals surface area contributed by atoms with Crippen LogP contribution in [0.5, 0.6) is 0 Å². The minimum Gasteiger partial charge on any atom is -0.346 e. The van der Waals surface area contributed by atoms with Gasteiger partial charge in [0.15, 0.2) is 0 Å². The molecule has 0 aliphatic carbocycles. The van der Waals surface area contributed by atoms with Crippen molar-refractivity contribution in [3.63, 3.8) is 0 Å². The molecule has 0 aliphatic rings. The second-order valence-electron chi connectivity index (χ2n) is 4.94. The first-order chi connectivity index (χ1) is 10.7. The number of fused-ring (bicyclic) bond motifs is 1. The third-order valence-electron chi connectivity index (χ3n) is 3.46. The van der Waals surface area contributed by atoms with Crippen LogP contribution in [0.4, 0.5) is 16.2 Å². The van der Waals surface area contributed by atoms with Gasteiger partial charge in [0.05, 0.1) is 11.2 Å². The molecule has 4 nitrogen and oxygen atoms in total. The van der Waals surface area contributed by atoms with Gasteiger partial charge in [-0.05, 0) is 31.2 Å². The number of benzene rings is 2. The fourth-order valence-electron chi connectivity index (χ4n) is 2.46. The van der Waals surface area contributed by atoms with Crippen LogP contribution in [-0.4, -0.2) is 10.6 Å². The number of nitrogens with one attached hydrogen (secondary N) is 2. The van der Waals surface area contributed by atoms with E-state index in [1.165, 1.54) is 0 Å². The number of rotatable bonds is 3. The number of carbonyl (C=O) groups is 1. The average molecular weight is 314 g/mol. The van der Waals surface area contributed by atoms with Crippen LogP contribution in [0.25, 0.3) is 10.9 Å². The zero-order valence-corrected chi connectivity index (χ0v) is 12.9. The maximum atomic E-state index is 12.2. The maximum absolute atomic E-state index is 12.2. The van der Waals surface area contributed by atoms with Gasteiger partial charge in [0.25, 0.3) is 0 Å². The molecule has 0 radical (unpaired) electrons. The molecule has 5 heteroatoms. The molecule has 0 unspecified atom stereocenters. The highest BCUT2D eigenvalue weighted by molar-refractivity contribution is 6.30. The molecule has 112 valence electrons. The van der Waals surface area contributed by atoms with Gasteiger partial charge >= 0.3 is 6.03 Å². The van der Waals surface area contributed by atoms with Crippen LogP contribution in [0, 0.1) is 0 Å². The molecule has 2 amide bonds. The lowest BCUT2D eigenvalue weighted by Gasteiger charge is -2.07. The standard InChI is InChI=1S/C17H16ClN3O/c1-2-21-11-15(14-8-3-4-9-16(14)21)20-17(22)19-13-7-5-6-12(18)10-13/h3-11H,2H2,1H3,(H2,19,20,22). The zero-order chi connectivity index (χ0) is 15.5.